The Balaban J connectivity index is 2.31. The van der Waals surface area contributed by atoms with Crippen molar-refractivity contribution in [3.8, 4) is 0 Å². The third kappa shape index (κ3) is 5.18. The van der Waals surface area contributed by atoms with Crippen molar-refractivity contribution < 1.29 is 19.1 Å². The Labute approximate surface area is 160 Å². The summed E-state index contributed by atoms with van der Waals surface area (Å²) in [5.41, 5.74) is -0.125. The number of nitrogens with one attached hydrogen (secondary N) is 1. The molecule has 6 nitrogen and oxygen atoms in total. The number of allylic oxidation sites excluding steroid dienone is 1. The molecule has 27 heavy (non-hydrogen) atoms. The number of ether oxygens (including phenoxy) is 1. The average molecular weight is 372 g/mol. The SMILES string of the molecule is CCOC(=O)C1C/C=C\CCC(C)(N(Cc2ccccc2)C(C)=O)C(=O)N1. The average Bonchev–Trinajstić information content (AvgIpc) is 2.71. The van der Waals surface area contributed by atoms with E-state index in [9.17, 15) is 14.4 Å². The van der Waals surface area contributed by atoms with Crippen molar-refractivity contribution in [2.45, 2.75) is 58.2 Å². The summed E-state index contributed by atoms with van der Waals surface area (Å²) in [6.07, 6.45) is 5.31. The highest BCUT2D eigenvalue weighted by molar-refractivity contribution is 5.93. The second-order valence-corrected chi connectivity index (χ2v) is 6.89. The smallest absolute Gasteiger partial charge is 0.328 e. The van der Waals surface area contributed by atoms with Gasteiger partial charge in [0.25, 0.3) is 0 Å². The first-order valence-electron chi connectivity index (χ1n) is 9.33. The zero-order valence-corrected chi connectivity index (χ0v) is 16.2. The molecule has 1 heterocycles. The molecule has 0 aliphatic carbocycles. The maximum Gasteiger partial charge on any atom is 0.328 e. The molecule has 6 heteroatoms. The largest absolute Gasteiger partial charge is 0.464 e. The summed E-state index contributed by atoms with van der Waals surface area (Å²) in [6, 6.07) is 8.81. The van der Waals surface area contributed by atoms with Gasteiger partial charge in [0.05, 0.1) is 6.61 Å². The monoisotopic (exact) mass is 372 g/mol. The summed E-state index contributed by atoms with van der Waals surface area (Å²) in [4.78, 5) is 39.4. The number of esters is 1. The molecule has 0 saturated carbocycles. The fourth-order valence-corrected chi connectivity index (χ4v) is 3.26. The highest BCUT2D eigenvalue weighted by Gasteiger charge is 2.42. The minimum Gasteiger partial charge on any atom is -0.464 e. The number of carbonyl (C=O) groups excluding carboxylic acids is 3. The van der Waals surface area contributed by atoms with Gasteiger partial charge in [-0.05, 0) is 38.7 Å². The van der Waals surface area contributed by atoms with E-state index in [-0.39, 0.29) is 18.4 Å². The van der Waals surface area contributed by atoms with Crippen LogP contribution in [0.4, 0.5) is 0 Å². The number of nitrogens with zero attached hydrogens (tertiary/aromatic N) is 1. The van der Waals surface area contributed by atoms with Crippen molar-refractivity contribution in [2.75, 3.05) is 6.61 Å². The highest BCUT2D eigenvalue weighted by Crippen LogP contribution is 2.26. The van der Waals surface area contributed by atoms with Gasteiger partial charge in [-0.25, -0.2) is 4.79 Å². The molecular weight excluding hydrogens is 344 g/mol. The molecule has 1 aromatic rings. The second-order valence-electron chi connectivity index (χ2n) is 6.89. The van der Waals surface area contributed by atoms with Gasteiger partial charge in [0, 0.05) is 13.5 Å². The zero-order chi connectivity index (χ0) is 19.9. The Hall–Kier alpha value is -2.63. The Morgan fingerprint density at radius 2 is 1.96 bits per heavy atom. The van der Waals surface area contributed by atoms with Crippen LogP contribution in [0.3, 0.4) is 0 Å². The van der Waals surface area contributed by atoms with E-state index in [1.807, 2.05) is 42.5 Å². The summed E-state index contributed by atoms with van der Waals surface area (Å²) >= 11 is 0. The maximum absolute atomic E-state index is 13.2. The van der Waals surface area contributed by atoms with Crippen molar-refractivity contribution in [3.05, 3.63) is 48.0 Å². The van der Waals surface area contributed by atoms with Crippen LogP contribution < -0.4 is 5.32 Å². The van der Waals surface area contributed by atoms with Gasteiger partial charge in [0.1, 0.15) is 11.6 Å². The van der Waals surface area contributed by atoms with Crippen LogP contribution >= 0.6 is 0 Å². The topological polar surface area (TPSA) is 75.7 Å². The van der Waals surface area contributed by atoms with Crippen LogP contribution in [0.2, 0.25) is 0 Å². The van der Waals surface area contributed by atoms with Gasteiger partial charge >= 0.3 is 5.97 Å². The van der Waals surface area contributed by atoms with E-state index < -0.39 is 17.6 Å². The maximum atomic E-state index is 13.2. The van der Waals surface area contributed by atoms with Gasteiger partial charge in [-0.3, -0.25) is 9.59 Å². The lowest BCUT2D eigenvalue weighted by atomic mass is 9.91. The van der Waals surface area contributed by atoms with Gasteiger partial charge in [0.2, 0.25) is 11.8 Å². The second kappa shape index (κ2) is 9.35. The Morgan fingerprint density at radius 3 is 2.59 bits per heavy atom. The fourth-order valence-electron chi connectivity index (χ4n) is 3.26. The highest BCUT2D eigenvalue weighted by atomic mass is 16.5. The van der Waals surface area contributed by atoms with E-state index in [1.165, 1.54) is 6.92 Å². The number of amides is 2. The van der Waals surface area contributed by atoms with Crippen molar-refractivity contribution in [2.24, 2.45) is 0 Å². The van der Waals surface area contributed by atoms with E-state index in [0.717, 1.165) is 5.56 Å². The van der Waals surface area contributed by atoms with E-state index >= 15 is 0 Å². The van der Waals surface area contributed by atoms with Crippen LogP contribution in [-0.4, -0.2) is 40.9 Å². The normalized spacial score (nSPS) is 24.0. The summed E-state index contributed by atoms with van der Waals surface area (Å²) in [5, 5.41) is 2.80. The third-order valence-corrected chi connectivity index (χ3v) is 4.86. The van der Waals surface area contributed by atoms with Gasteiger partial charge in [-0.15, -0.1) is 0 Å². The lowest BCUT2D eigenvalue weighted by Gasteiger charge is -2.40. The molecule has 2 unspecified atom stereocenters. The molecule has 0 saturated heterocycles. The minimum absolute atomic E-state index is 0.188. The number of hydrogen-bond acceptors (Lipinski definition) is 4. The first kappa shape index (κ1) is 20.7. The van der Waals surface area contributed by atoms with E-state index in [0.29, 0.717) is 25.8 Å². The first-order chi connectivity index (χ1) is 12.9. The van der Waals surface area contributed by atoms with Gasteiger partial charge in [-0.1, -0.05) is 42.5 Å². The summed E-state index contributed by atoms with van der Waals surface area (Å²) in [6.45, 7) is 5.53. The predicted octanol–water partition coefficient (Wildman–Crippen LogP) is 2.58. The molecule has 1 aliphatic heterocycles. The number of hydrogen-bond donors (Lipinski definition) is 1. The molecule has 0 aromatic heterocycles. The van der Waals surface area contributed by atoms with Crippen LogP contribution in [0.5, 0.6) is 0 Å². The van der Waals surface area contributed by atoms with Crippen molar-refractivity contribution >= 4 is 17.8 Å². The molecule has 2 rings (SSSR count). The standard InChI is InChI=1S/C21H28N2O4/c1-4-27-19(25)18-13-9-6-10-14-21(3,20(26)22-18)23(16(2)24)15-17-11-7-5-8-12-17/h5-9,11-12,18H,4,10,13-15H2,1-3H3,(H,22,26)/b9-6-. The van der Waals surface area contributed by atoms with Crippen molar-refractivity contribution in [1.82, 2.24) is 10.2 Å². The molecule has 1 aromatic carbocycles. The molecule has 2 amide bonds. The van der Waals surface area contributed by atoms with Crippen LogP contribution in [0.25, 0.3) is 0 Å². The summed E-state index contributed by atoms with van der Waals surface area (Å²) in [7, 11) is 0. The van der Waals surface area contributed by atoms with E-state index in [1.54, 1.807) is 18.7 Å². The Bertz CT molecular complexity index is 701. The third-order valence-electron chi connectivity index (χ3n) is 4.86. The molecule has 0 fully saturated rings. The van der Waals surface area contributed by atoms with Gasteiger partial charge < -0.3 is 15.0 Å². The quantitative estimate of drug-likeness (QED) is 0.637. The predicted molar refractivity (Wildman–Crippen MR) is 103 cm³/mol. The number of benzene rings is 1. The van der Waals surface area contributed by atoms with Crippen LogP contribution in [0, 0.1) is 0 Å². The fraction of sp³-hybridized carbons (Fsp3) is 0.476. The van der Waals surface area contributed by atoms with Gasteiger partial charge in [0.15, 0.2) is 0 Å². The van der Waals surface area contributed by atoms with E-state index in [2.05, 4.69) is 5.32 Å². The molecule has 146 valence electrons. The Morgan fingerprint density at radius 1 is 1.26 bits per heavy atom. The molecule has 2 atom stereocenters. The first-order valence-corrected chi connectivity index (χ1v) is 9.33. The van der Waals surface area contributed by atoms with Crippen molar-refractivity contribution in [1.29, 1.82) is 0 Å². The lowest BCUT2D eigenvalue weighted by molar-refractivity contribution is -0.151. The molecule has 1 N–H and O–H groups in total. The van der Waals surface area contributed by atoms with Crippen LogP contribution in [0.1, 0.15) is 45.6 Å². The van der Waals surface area contributed by atoms with Gasteiger partial charge in [-0.2, -0.15) is 0 Å². The number of carbonyl (C=O) groups is 3. The van der Waals surface area contributed by atoms with Crippen LogP contribution in [0.15, 0.2) is 42.5 Å². The molecule has 0 spiro atoms. The lowest BCUT2D eigenvalue weighted by Crippen LogP contribution is -2.60. The Kier molecular flexibility index (Phi) is 7.16. The molecule has 1 aliphatic rings. The molecular formula is C21H28N2O4. The summed E-state index contributed by atoms with van der Waals surface area (Å²) < 4.78 is 5.07. The van der Waals surface area contributed by atoms with Crippen molar-refractivity contribution in [3.63, 3.8) is 0 Å². The zero-order valence-electron chi connectivity index (χ0n) is 16.2. The minimum atomic E-state index is -1.07. The van der Waals surface area contributed by atoms with Crippen LogP contribution in [-0.2, 0) is 25.7 Å². The molecule has 0 bridgehead atoms. The van der Waals surface area contributed by atoms with E-state index in [4.69, 9.17) is 4.74 Å². The summed E-state index contributed by atoms with van der Waals surface area (Å²) in [5.74, 6) is -0.986. The number of rotatable bonds is 5. The molecule has 0 radical (unpaired) electrons.